The van der Waals surface area contributed by atoms with Gasteiger partial charge in [0, 0.05) is 25.4 Å². The first-order valence-electron chi connectivity index (χ1n) is 9.36. The minimum absolute atomic E-state index is 0.0227. The van der Waals surface area contributed by atoms with Gasteiger partial charge in [-0.2, -0.15) is 0 Å². The third kappa shape index (κ3) is 4.73. The van der Waals surface area contributed by atoms with Gasteiger partial charge in [-0.3, -0.25) is 19.3 Å². The Morgan fingerprint density at radius 2 is 2.10 bits per heavy atom. The standard InChI is InChI=1S/C20H23N3O5S/c1-4-22(14(3)24)20-21-15(12-29-20)11-27-18(25)9-10-23-16-7-5-6-8-17(16)28-13(2)19(23)26/h5-8,12-13H,4,9-11H2,1-3H3. The zero-order chi connectivity index (χ0) is 21.0. The summed E-state index contributed by atoms with van der Waals surface area (Å²) in [6.07, 6.45) is -0.546. The maximum absolute atomic E-state index is 12.4. The van der Waals surface area contributed by atoms with Gasteiger partial charge >= 0.3 is 5.97 Å². The van der Waals surface area contributed by atoms with Gasteiger partial charge in [0.1, 0.15) is 12.4 Å². The molecule has 1 aromatic heterocycles. The molecule has 1 aromatic carbocycles. The number of benzene rings is 1. The fourth-order valence-electron chi connectivity index (χ4n) is 3.00. The number of hydrogen-bond acceptors (Lipinski definition) is 7. The molecular formula is C20H23N3O5S. The smallest absolute Gasteiger partial charge is 0.307 e. The van der Waals surface area contributed by atoms with Crippen molar-refractivity contribution in [2.24, 2.45) is 0 Å². The van der Waals surface area contributed by atoms with Crippen molar-refractivity contribution in [3.63, 3.8) is 0 Å². The van der Waals surface area contributed by atoms with Gasteiger partial charge < -0.3 is 14.4 Å². The molecule has 0 aliphatic carbocycles. The normalized spacial score (nSPS) is 15.5. The first kappa shape index (κ1) is 20.8. The van der Waals surface area contributed by atoms with E-state index < -0.39 is 12.1 Å². The number of para-hydroxylation sites is 2. The van der Waals surface area contributed by atoms with E-state index in [0.29, 0.717) is 28.8 Å². The fraction of sp³-hybridized carbons (Fsp3) is 0.400. The summed E-state index contributed by atoms with van der Waals surface area (Å²) in [4.78, 5) is 43.7. The molecule has 0 fully saturated rings. The van der Waals surface area contributed by atoms with Gasteiger partial charge in [0.05, 0.1) is 17.8 Å². The van der Waals surface area contributed by atoms with Gasteiger partial charge in [0.25, 0.3) is 5.91 Å². The summed E-state index contributed by atoms with van der Waals surface area (Å²) < 4.78 is 10.9. The first-order valence-corrected chi connectivity index (χ1v) is 10.2. The van der Waals surface area contributed by atoms with Gasteiger partial charge in [-0.05, 0) is 26.0 Å². The van der Waals surface area contributed by atoms with Crippen LogP contribution in [0.1, 0.15) is 32.9 Å². The SMILES string of the molecule is CCN(C(C)=O)c1nc(COC(=O)CCN2C(=O)C(C)Oc3ccccc32)cs1. The number of carbonyl (C=O) groups excluding carboxylic acids is 3. The number of esters is 1. The molecule has 2 amide bonds. The monoisotopic (exact) mass is 417 g/mol. The Morgan fingerprint density at radius 1 is 1.34 bits per heavy atom. The van der Waals surface area contributed by atoms with Crippen LogP contribution in [0.3, 0.4) is 0 Å². The molecule has 3 rings (SSSR count). The van der Waals surface area contributed by atoms with Crippen LogP contribution in [0.15, 0.2) is 29.6 Å². The lowest BCUT2D eigenvalue weighted by Gasteiger charge is -2.32. The topological polar surface area (TPSA) is 89.0 Å². The molecule has 1 atom stereocenters. The molecule has 0 radical (unpaired) electrons. The number of nitrogens with zero attached hydrogens (tertiary/aromatic N) is 3. The highest BCUT2D eigenvalue weighted by Gasteiger charge is 2.31. The van der Waals surface area contributed by atoms with E-state index in [-0.39, 0.29) is 31.4 Å². The second-order valence-electron chi connectivity index (χ2n) is 6.51. The number of amides is 2. The zero-order valence-electron chi connectivity index (χ0n) is 16.6. The highest BCUT2D eigenvalue weighted by molar-refractivity contribution is 7.14. The maximum atomic E-state index is 12.4. The number of rotatable bonds is 7. The average molecular weight is 417 g/mol. The van der Waals surface area contributed by atoms with Crippen molar-refractivity contribution in [1.29, 1.82) is 0 Å². The molecule has 1 aliphatic rings. The summed E-state index contributed by atoms with van der Waals surface area (Å²) in [5.74, 6) is -0.0866. The Labute approximate surface area is 173 Å². The number of ether oxygens (including phenoxy) is 2. The van der Waals surface area contributed by atoms with E-state index >= 15 is 0 Å². The van der Waals surface area contributed by atoms with Crippen LogP contribution in [0, 0.1) is 0 Å². The van der Waals surface area contributed by atoms with E-state index in [2.05, 4.69) is 4.98 Å². The summed E-state index contributed by atoms with van der Waals surface area (Å²) in [7, 11) is 0. The highest BCUT2D eigenvalue weighted by atomic mass is 32.1. The van der Waals surface area contributed by atoms with E-state index in [4.69, 9.17) is 9.47 Å². The molecule has 0 N–H and O–H groups in total. The fourth-order valence-corrected chi connectivity index (χ4v) is 3.92. The highest BCUT2D eigenvalue weighted by Crippen LogP contribution is 2.33. The van der Waals surface area contributed by atoms with Crippen LogP contribution < -0.4 is 14.5 Å². The van der Waals surface area contributed by atoms with Crippen molar-refractivity contribution in [3.8, 4) is 5.75 Å². The summed E-state index contributed by atoms with van der Waals surface area (Å²) >= 11 is 1.33. The van der Waals surface area contributed by atoms with Crippen LogP contribution >= 0.6 is 11.3 Å². The van der Waals surface area contributed by atoms with Crippen molar-refractivity contribution >= 4 is 39.9 Å². The number of carbonyl (C=O) groups is 3. The molecule has 8 nitrogen and oxygen atoms in total. The molecule has 1 unspecified atom stereocenters. The van der Waals surface area contributed by atoms with Crippen LogP contribution in [0.4, 0.5) is 10.8 Å². The van der Waals surface area contributed by atoms with Gasteiger partial charge in [-0.25, -0.2) is 4.98 Å². The maximum Gasteiger partial charge on any atom is 0.307 e. The lowest BCUT2D eigenvalue weighted by molar-refractivity contribution is -0.144. The summed E-state index contributed by atoms with van der Waals surface area (Å²) in [6, 6.07) is 7.23. The molecule has 2 heterocycles. The van der Waals surface area contributed by atoms with Gasteiger partial charge in [0.15, 0.2) is 11.2 Å². The number of thiazole rings is 1. The van der Waals surface area contributed by atoms with Gasteiger partial charge in [-0.15, -0.1) is 11.3 Å². The van der Waals surface area contributed by atoms with E-state index in [1.165, 1.54) is 18.3 Å². The Balaban J connectivity index is 1.55. The van der Waals surface area contributed by atoms with Crippen LogP contribution in [0.25, 0.3) is 0 Å². The van der Waals surface area contributed by atoms with Crippen molar-refractivity contribution < 1.29 is 23.9 Å². The van der Waals surface area contributed by atoms with Crippen molar-refractivity contribution in [2.45, 2.75) is 39.9 Å². The number of anilines is 2. The first-order chi connectivity index (χ1) is 13.9. The summed E-state index contributed by atoms with van der Waals surface area (Å²) in [5.41, 5.74) is 1.23. The third-order valence-corrected chi connectivity index (χ3v) is 5.37. The lowest BCUT2D eigenvalue weighted by atomic mass is 10.2. The Morgan fingerprint density at radius 3 is 2.83 bits per heavy atom. The third-order valence-electron chi connectivity index (χ3n) is 4.46. The molecule has 0 saturated heterocycles. The van der Waals surface area contributed by atoms with E-state index in [1.54, 1.807) is 34.2 Å². The Kier molecular flexibility index (Phi) is 6.48. The molecule has 0 bridgehead atoms. The predicted octanol–water partition coefficient (Wildman–Crippen LogP) is 2.76. The molecule has 0 spiro atoms. The van der Waals surface area contributed by atoms with Crippen LogP contribution in [-0.2, 0) is 25.7 Å². The lowest BCUT2D eigenvalue weighted by Crippen LogP contribution is -2.45. The minimum Gasteiger partial charge on any atom is -0.479 e. The largest absolute Gasteiger partial charge is 0.479 e. The molecule has 0 saturated carbocycles. The van der Waals surface area contributed by atoms with Crippen molar-refractivity contribution in [3.05, 3.63) is 35.3 Å². The van der Waals surface area contributed by atoms with Crippen LogP contribution in [0.2, 0.25) is 0 Å². The molecule has 2 aromatic rings. The van der Waals surface area contributed by atoms with Gasteiger partial charge in [-0.1, -0.05) is 12.1 Å². The quantitative estimate of drug-likeness (QED) is 0.644. The molecule has 29 heavy (non-hydrogen) atoms. The van der Waals surface area contributed by atoms with E-state index in [1.807, 2.05) is 19.1 Å². The van der Waals surface area contributed by atoms with E-state index in [0.717, 1.165) is 0 Å². The number of aromatic nitrogens is 1. The predicted molar refractivity (Wildman–Crippen MR) is 109 cm³/mol. The zero-order valence-corrected chi connectivity index (χ0v) is 17.4. The van der Waals surface area contributed by atoms with Crippen LogP contribution in [-0.4, -0.2) is 42.0 Å². The number of fused-ring (bicyclic) bond motifs is 1. The van der Waals surface area contributed by atoms with Crippen molar-refractivity contribution in [1.82, 2.24) is 4.98 Å². The second kappa shape index (κ2) is 9.04. The van der Waals surface area contributed by atoms with Gasteiger partial charge in [0.2, 0.25) is 5.91 Å². The average Bonchev–Trinajstić information content (AvgIpc) is 3.15. The van der Waals surface area contributed by atoms with E-state index in [9.17, 15) is 14.4 Å². The van der Waals surface area contributed by atoms with Crippen LogP contribution in [0.5, 0.6) is 5.75 Å². The minimum atomic E-state index is -0.600. The summed E-state index contributed by atoms with van der Waals surface area (Å²) in [5, 5.41) is 2.34. The second-order valence-corrected chi connectivity index (χ2v) is 7.35. The Bertz CT molecular complexity index is 913. The number of hydrogen-bond donors (Lipinski definition) is 0. The molecule has 154 valence electrons. The molecule has 1 aliphatic heterocycles. The van der Waals surface area contributed by atoms with Crippen molar-refractivity contribution in [2.75, 3.05) is 22.9 Å². The Hall–Kier alpha value is -2.94. The molecular weight excluding hydrogens is 394 g/mol. The molecule has 9 heteroatoms. The summed E-state index contributed by atoms with van der Waals surface area (Å²) in [6.45, 7) is 5.79.